The third-order valence-corrected chi connectivity index (χ3v) is 2.30. The van der Waals surface area contributed by atoms with Crippen molar-refractivity contribution in [2.24, 2.45) is 5.73 Å². The summed E-state index contributed by atoms with van der Waals surface area (Å²) in [5, 5.41) is 0. The highest BCUT2D eigenvalue weighted by Gasteiger charge is 2.16. The Bertz CT molecular complexity index is 395. The quantitative estimate of drug-likeness (QED) is 0.798. The van der Waals surface area contributed by atoms with E-state index >= 15 is 0 Å². The Balaban J connectivity index is 2.75. The first-order chi connectivity index (χ1) is 8.08. The lowest BCUT2D eigenvalue weighted by Gasteiger charge is -2.12. The molecule has 2 N–H and O–H groups in total. The molecule has 1 atom stereocenters. The Labute approximate surface area is 99.5 Å². The average Bonchev–Trinajstić information content (AvgIpc) is 2.28. The second kappa shape index (κ2) is 6.20. The molecule has 0 aliphatic rings. The molecule has 0 aliphatic heterocycles. The molecule has 1 aromatic rings. The molecule has 0 saturated carbocycles. The van der Waals surface area contributed by atoms with Crippen molar-refractivity contribution in [2.45, 2.75) is 19.4 Å². The lowest BCUT2D eigenvalue weighted by molar-refractivity contribution is -0.143. The van der Waals surface area contributed by atoms with Crippen molar-refractivity contribution < 1.29 is 18.7 Å². The fourth-order valence-corrected chi connectivity index (χ4v) is 1.44. The second-order valence-corrected chi connectivity index (χ2v) is 3.50. The fraction of sp³-hybridized carbons (Fsp3) is 0.417. The van der Waals surface area contributed by atoms with Crippen LogP contribution < -0.4 is 10.5 Å². The molecular weight excluding hydrogens is 225 g/mol. The maximum atomic E-state index is 13.6. The zero-order chi connectivity index (χ0) is 12.8. The predicted molar refractivity (Wildman–Crippen MR) is 61.1 cm³/mol. The maximum Gasteiger partial charge on any atom is 0.307 e. The van der Waals surface area contributed by atoms with Gasteiger partial charge in [0.05, 0.1) is 20.1 Å². The van der Waals surface area contributed by atoms with Crippen LogP contribution in [0.25, 0.3) is 0 Å². The van der Waals surface area contributed by atoms with Gasteiger partial charge in [0.15, 0.2) is 0 Å². The highest BCUT2D eigenvalue weighted by molar-refractivity contribution is 5.70. The molecule has 0 spiro atoms. The van der Waals surface area contributed by atoms with E-state index in [1.807, 2.05) is 0 Å². The number of hydrogen-bond donors (Lipinski definition) is 1. The first kappa shape index (κ1) is 13.4. The SMILES string of the molecule is CCOC(=O)CC(N)c1ccc(OC)cc1F. The molecule has 0 amide bonds. The molecule has 17 heavy (non-hydrogen) atoms. The molecule has 0 aromatic heterocycles. The molecule has 0 aliphatic carbocycles. The van der Waals surface area contributed by atoms with E-state index in [9.17, 15) is 9.18 Å². The first-order valence-electron chi connectivity index (χ1n) is 5.33. The van der Waals surface area contributed by atoms with Gasteiger partial charge in [0.1, 0.15) is 11.6 Å². The summed E-state index contributed by atoms with van der Waals surface area (Å²) in [6.07, 6.45) is -0.0446. The number of halogens is 1. The molecule has 1 unspecified atom stereocenters. The van der Waals surface area contributed by atoms with E-state index < -0.39 is 17.8 Å². The van der Waals surface area contributed by atoms with Crippen molar-refractivity contribution in [1.82, 2.24) is 0 Å². The van der Waals surface area contributed by atoms with Crippen LogP contribution in [0.3, 0.4) is 0 Å². The molecule has 4 nitrogen and oxygen atoms in total. The van der Waals surface area contributed by atoms with Crippen LogP contribution in [0.4, 0.5) is 4.39 Å². The van der Waals surface area contributed by atoms with Crippen molar-refractivity contribution in [2.75, 3.05) is 13.7 Å². The molecule has 1 rings (SSSR count). The van der Waals surface area contributed by atoms with Crippen LogP contribution in [-0.4, -0.2) is 19.7 Å². The third-order valence-electron chi connectivity index (χ3n) is 2.30. The van der Waals surface area contributed by atoms with Crippen molar-refractivity contribution in [3.05, 3.63) is 29.6 Å². The van der Waals surface area contributed by atoms with Gasteiger partial charge in [-0.05, 0) is 13.0 Å². The van der Waals surface area contributed by atoms with E-state index in [1.54, 1.807) is 13.0 Å². The van der Waals surface area contributed by atoms with Crippen LogP contribution >= 0.6 is 0 Å². The number of esters is 1. The molecule has 94 valence electrons. The Hall–Kier alpha value is -1.62. The van der Waals surface area contributed by atoms with Crippen molar-refractivity contribution in [3.8, 4) is 5.75 Å². The normalized spacial score (nSPS) is 12.0. The molecule has 0 fully saturated rings. The lowest BCUT2D eigenvalue weighted by Crippen LogP contribution is -2.18. The van der Waals surface area contributed by atoms with Gasteiger partial charge >= 0.3 is 5.97 Å². The minimum absolute atomic E-state index is 0.0446. The zero-order valence-corrected chi connectivity index (χ0v) is 9.90. The summed E-state index contributed by atoms with van der Waals surface area (Å²) in [6, 6.07) is 3.64. The Morgan fingerprint density at radius 1 is 1.53 bits per heavy atom. The number of rotatable bonds is 5. The van der Waals surface area contributed by atoms with Crippen molar-refractivity contribution in [1.29, 1.82) is 0 Å². The number of carbonyl (C=O) groups excluding carboxylic acids is 1. The largest absolute Gasteiger partial charge is 0.497 e. The first-order valence-corrected chi connectivity index (χ1v) is 5.33. The van der Waals surface area contributed by atoms with Gasteiger partial charge in [-0.15, -0.1) is 0 Å². The average molecular weight is 241 g/mol. The molecule has 5 heteroatoms. The van der Waals surface area contributed by atoms with Gasteiger partial charge in [0.25, 0.3) is 0 Å². The van der Waals surface area contributed by atoms with Gasteiger partial charge in [-0.2, -0.15) is 0 Å². The molecule has 0 heterocycles. The molecule has 0 radical (unpaired) electrons. The van der Waals surface area contributed by atoms with E-state index in [0.717, 1.165) is 0 Å². The maximum absolute atomic E-state index is 13.6. The van der Waals surface area contributed by atoms with E-state index in [0.29, 0.717) is 5.75 Å². The minimum atomic E-state index is -0.708. The summed E-state index contributed by atoms with van der Waals surface area (Å²) < 4.78 is 23.2. The van der Waals surface area contributed by atoms with Gasteiger partial charge in [-0.25, -0.2) is 4.39 Å². The number of carbonyl (C=O) groups is 1. The molecular formula is C12H16FNO3. The van der Waals surface area contributed by atoms with Crippen LogP contribution in [0.15, 0.2) is 18.2 Å². The molecule has 0 saturated heterocycles. The topological polar surface area (TPSA) is 61.5 Å². The number of hydrogen-bond acceptors (Lipinski definition) is 4. The number of ether oxygens (including phenoxy) is 2. The van der Waals surface area contributed by atoms with Crippen LogP contribution in [0.5, 0.6) is 5.75 Å². The summed E-state index contributed by atoms with van der Waals surface area (Å²) in [5.74, 6) is -0.508. The predicted octanol–water partition coefficient (Wildman–Crippen LogP) is 1.79. The number of nitrogens with two attached hydrogens (primary N) is 1. The van der Waals surface area contributed by atoms with Crippen molar-refractivity contribution in [3.63, 3.8) is 0 Å². The van der Waals surface area contributed by atoms with E-state index in [1.165, 1.54) is 19.2 Å². The van der Waals surface area contributed by atoms with Crippen LogP contribution in [0, 0.1) is 5.82 Å². The van der Waals surface area contributed by atoms with Crippen LogP contribution in [-0.2, 0) is 9.53 Å². The van der Waals surface area contributed by atoms with Gasteiger partial charge in [-0.1, -0.05) is 6.07 Å². The third kappa shape index (κ3) is 3.71. The van der Waals surface area contributed by atoms with E-state index in [-0.39, 0.29) is 18.6 Å². The summed E-state index contributed by atoms with van der Waals surface area (Å²) >= 11 is 0. The Morgan fingerprint density at radius 3 is 2.76 bits per heavy atom. The Morgan fingerprint density at radius 2 is 2.24 bits per heavy atom. The highest BCUT2D eigenvalue weighted by Crippen LogP contribution is 2.22. The zero-order valence-electron chi connectivity index (χ0n) is 9.90. The van der Waals surface area contributed by atoms with Gasteiger partial charge in [0.2, 0.25) is 0 Å². The summed E-state index contributed by atoms with van der Waals surface area (Å²) in [6.45, 7) is 1.99. The van der Waals surface area contributed by atoms with E-state index in [2.05, 4.69) is 0 Å². The summed E-state index contributed by atoms with van der Waals surface area (Å²) in [7, 11) is 1.45. The molecule has 0 bridgehead atoms. The van der Waals surface area contributed by atoms with Gasteiger partial charge in [0, 0.05) is 17.7 Å². The second-order valence-electron chi connectivity index (χ2n) is 3.50. The highest BCUT2D eigenvalue weighted by atomic mass is 19.1. The fourth-order valence-electron chi connectivity index (χ4n) is 1.44. The molecule has 1 aromatic carbocycles. The monoisotopic (exact) mass is 241 g/mol. The minimum Gasteiger partial charge on any atom is -0.497 e. The van der Waals surface area contributed by atoms with Gasteiger partial charge in [-0.3, -0.25) is 4.79 Å². The number of benzene rings is 1. The standard InChI is InChI=1S/C12H16FNO3/c1-3-17-12(15)7-11(14)9-5-4-8(16-2)6-10(9)13/h4-6,11H,3,7,14H2,1-2H3. The van der Waals surface area contributed by atoms with Gasteiger partial charge < -0.3 is 15.2 Å². The Kier molecular flexibility index (Phi) is 4.90. The van der Waals surface area contributed by atoms with Crippen molar-refractivity contribution >= 4 is 5.97 Å². The number of methoxy groups -OCH3 is 1. The van der Waals surface area contributed by atoms with Crippen LogP contribution in [0.2, 0.25) is 0 Å². The lowest BCUT2D eigenvalue weighted by atomic mass is 10.0. The van der Waals surface area contributed by atoms with E-state index in [4.69, 9.17) is 15.2 Å². The summed E-state index contributed by atoms with van der Waals surface area (Å²) in [5.41, 5.74) is 6.01. The smallest absolute Gasteiger partial charge is 0.307 e. The van der Waals surface area contributed by atoms with Crippen LogP contribution in [0.1, 0.15) is 24.9 Å². The summed E-state index contributed by atoms with van der Waals surface area (Å²) in [4.78, 5) is 11.2.